The van der Waals surface area contributed by atoms with Gasteiger partial charge < -0.3 is 14.7 Å². The average molecular weight is 496 g/mol. The minimum atomic E-state index is -0.309. The van der Waals surface area contributed by atoms with E-state index in [0.717, 1.165) is 33.6 Å². The normalized spacial score (nSPS) is 14.9. The van der Waals surface area contributed by atoms with E-state index >= 15 is 0 Å². The lowest BCUT2D eigenvalue weighted by atomic mass is 9.92. The van der Waals surface area contributed by atoms with Crippen LogP contribution in [0.15, 0.2) is 60.7 Å². The number of fused-ring (bicyclic) bond motifs is 1. The van der Waals surface area contributed by atoms with E-state index < -0.39 is 0 Å². The zero-order valence-electron chi connectivity index (χ0n) is 22.0. The van der Waals surface area contributed by atoms with Crippen molar-refractivity contribution in [1.82, 2.24) is 15.1 Å². The Morgan fingerprint density at radius 2 is 1.76 bits per heavy atom. The highest BCUT2D eigenvalue weighted by Gasteiger charge is 2.42. The van der Waals surface area contributed by atoms with Crippen LogP contribution in [0.25, 0.3) is 11.3 Å². The van der Waals surface area contributed by atoms with Crippen molar-refractivity contribution in [2.24, 2.45) is 0 Å². The van der Waals surface area contributed by atoms with Gasteiger partial charge in [-0.15, -0.1) is 0 Å². The van der Waals surface area contributed by atoms with Crippen LogP contribution in [0, 0.1) is 13.8 Å². The number of carbonyl (C=O) groups excluding carboxylic acids is 1. The smallest absolute Gasteiger partial charge is 0.273 e. The highest BCUT2D eigenvalue weighted by molar-refractivity contribution is 6.00. The van der Waals surface area contributed by atoms with E-state index in [0.29, 0.717) is 35.8 Å². The van der Waals surface area contributed by atoms with E-state index in [1.807, 2.05) is 55.1 Å². The van der Waals surface area contributed by atoms with Crippen molar-refractivity contribution in [2.75, 3.05) is 13.7 Å². The van der Waals surface area contributed by atoms with Gasteiger partial charge in [-0.05, 0) is 72.2 Å². The van der Waals surface area contributed by atoms with Gasteiger partial charge in [-0.1, -0.05) is 56.3 Å². The number of benzene rings is 3. The molecule has 0 saturated heterocycles. The largest absolute Gasteiger partial charge is 0.507 e. The number of hydrogen-bond donors (Lipinski definition) is 2. The third-order valence-electron chi connectivity index (χ3n) is 7.28. The van der Waals surface area contributed by atoms with Crippen LogP contribution in [-0.2, 0) is 6.42 Å². The molecule has 3 aromatic carbocycles. The lowest BCUT2D eigenvalue weighted by molar-refractivity contribution is 0.0746. The van der Waals surface area contributed by atoms with E-state index in [4.69, 9.17) is 4.74 Å². The monoisotopic (exact) mass is 495 g/mol. The molecule has 6 heteroatoms. The van der Waals surface area contributed by atoms with Crippen molar-refractivity contribution >= 4 is 5.91 Å². The first kappa shape index (κ1) is 24.6. The first-order chi connectivity index (χ1) is 17.8. The fourth-order valence-corrected chi connectivity index (χ4v) is 5.22. The van der Waals surface area contributed by atoms with E-state index in [1.165, 1.54) is 5.56 Å². The summed E-state index contributed by atoms with van der Waals surface area (Å²) in [6, 6.07) is 20.0. The van der Waals surface area contributed by atoms with Crippen LogP contribution in [0.5, 0.6) is 11.5 Å². The van der Waals surface area contributed by atoms with Gasteiger partial charge in [0.15, 0.2) is 0 Å². The van der Waals surface area contributed by atoms with Gasteiger partial charge in [0.2, 0.25) is 0 Å². The molecule has 1 aliphatic rings. The molecule has 0 fully saturated rings. The number of aromatic amines is 1. The number of methoxy groups -OCH3 is 1. The van der Waals surface area contributed by atoms with Crippen LogP contribution >= 0.6 is 0 Å². The van der Waals surface area contributed by atoms with Gasteiger partial charge in [-0.3, -0.25) is 9.89 Å². The number of aromatic hydroxyl groups is 1. The Hall–Kier alpha value is -4.06. The number of H-pyrrole nitrogens is 1. The summed E-state index contributed by atoms with van der Waals surface area (Å²) in [6.07, 6.45) is 0.706. The minimum absolute atomic E-state index is 0.0796. The van der Waals surface area contributed by atoms with Crippen LogP contribution in [-0.4, -0.2) is 39.8 Å². The van der Waals surface area contributed by atoms with Gasteiger partial charge in [0, 0.05) is 17.7 Å². The Morgan fingerprint density at radius 3 is 2.41 bits per heavy atom. The molecular formula is C31H33N3O3. The molecule has 0 saturated carbocycles. The Labute approximate surface area is 217 Å². The van der Waals surface area contributed by atoms with E-state index in [1.54, 1.807) is 7.11 Å². The number of aryl methyl sites for hydroxylation is 2. The molecule has 0 spiro atoms. The Bertz CT molecular complexity index is 1440. The second kappa shape index (κ2) is 9.77. The molecule has 1 unspecified atom stereocenters. The molecule has 4 aromatic rings. The fraction of sp³-hybridized carbons (Fsp3) is 0.290. The number of nitrogens with zero attached hydrogens (tertiary/aromatic N) is 2. The zero-order chi connectivity index (χ0) is 26.3. The summed E-state index contributed by atoms with van der Waals surface area (Å²) in [5, 5.41) is 18.5. The molecule has 190 valence electrons. The summed E-state index contributed by atoms with van der Waals surface area (Å²) in [4.78, 5) is 15.6. The standard InChI is InChI=1S/C31H33N3O3/c1-18(2)22-8-10-23(11-9-22)29-26-27(25-17-19(3)16-20(4)30(25)35)32-33-28(26)31(36)34(29)15-14-21-6-12-24(37-5)13-7-21/h6-13,16-18,29,35H,14-15H2,1-5H3,(H,32,33). The van der Waals surface area contributed by atoms with Crippen molar-refractivity contribution in [3.05, 3.63) is 99.7 Å². The molecule has 0 bridgehead atoms. The summed E-state index contributed by atoms with van der Waals surface area (Å²) in [6.45, 7) is 8.77. The molecule has 5 rings (SSSR count). The molecule has 2 N–H and O–H groups in total. The van der Waals surface area contributed by atoms with Crippen LogP contribution in [0.3, 0.4) is 0 Å². The van der Waals surface area contributed by atoms with Crippen molar-refractivity contribution in [3.8, 4) is 22.8 Å². The average Bonchev–Trinajstić information content (AvgIpc) is 3.44. The number of phenols is 1. The predicted molar refractivity (Wildman–Crippen MR) is 145 cm³/mol. The third kappa shape index (κ3) is 4.48. The van der Waals surface area contributed by atoms with E-state index in [9.17, 15) is 9.90 Å². The molecule has 1 aliphatic heterocycles. The number of hydrogen-bond acceptors (Lipinski definition) is 4. The SMILES string of the molecule is COc1ccc(CCN2C(=O)c3[nH]nc(-c4cc(C)cc(C)c4O)c3C2c2ccc(C(C)C)cc2)cc1. The van der Waals surface area contributed by atoms with Crippen molar-refractivity contribution in [2.45, 2.75) is 46.1 Å². The molecule has 1 atom stereocenters. The second-order valence-corrected chi connectivity index (χ2v) is 10.2. The topological polar surface area (TPSA) is 78.5 Å². The number of carbonyl (C=O) groups is 1. The number of nitrogens with one attached hydrogen (secondary N) is 1. The molecule has 2 heterocycles. The molecule has 6 nitrogen and oxygen atoms in total. The zero-order valence-corrected chi connectivity index (χ0v) is 22.0. The van der Waals surface area contributed by atoms with Gasteiger partial charge in [0.25, 0.3) is 5.91 Å². The maximum atomic E-state index is 13.7. The number of phenolic OH excluding ortho intramolecular Hbond substituents is 1. The van der Waals surface area contributed by atoms with E-state index in [-0.39, 0.29) is 17.7 Å². The molecule has 0 radical (unpaired) electrons. The molecular weight excluding hydrogens is 462 g/mol. The summed E-state index contributed by atoms with van der Waals surface area (Å²) in [7, 11) is 1.65. The summed E-state index contributed by atoms with van der Waals surface area (Å²) in [5.74, 6) is 1.34. The van der Waals surface area contributed by atoms with Crippen molar-refractivity contribution < 1.29 is 14.6 Å². The van der Waals surface area contributed by atoms with Crippen LogP contribution in [0.1, 0.15) is 69.7 Å². The maximum Gasteiger partial charge on any atom is 0.273 e. The Balaban J connectivity index is 1.58. The summed E-state index contributed by atoms with van der Waals surface area (Å²) < 4.78 is 5.28. The fourth-order valence-electron chi connectivity index (χ4n) is 5.22. The third-order valence-corrected chi connectivity index (χ3v) is 7.28. The van der Waals surface area contributed by atoms with E-state index in [2.05, 4.69) is 48.3 Å². The number of amides is 1. The molecule has 37 heavy (non-hydrogen) atoms. The number of aromatic nitrogens is 2. The Kier molecular flexibility index (Phi) is 6.50. The number of rotatable bonds is 7. The van der Waals surface area contributed by atoms with Gasteiger partial charge >= 0.3 is 0 Å². The lowest BCUT2D eigenvalue weighted by Gasteiger charge is -2.27. The van der Waals surface area contributed by atoms with Gasteiger partial charge in [-0.25, -0.2) is 0 Å². The maximum absolute atomic E-state index is 13.7. The van der Waals surface area contributed by atoms with Crippen molar-refractivity contribution in [1.29, 1.82) is 0 Å². The van der Waals surface area contributed by atoms with Crippen molar-refractivity contribution in [3.63, 3.8) is 0 Å². The lowest BCUT2D eigenvalue weighted by Crippen LogP contribution is -2.31. The van der Waals surface area contributed by atoms with Crippen LogP contribution < -0.4 is 4.74 Å². The predicted octanol–water partition coefficient (Wildman–Crippen LogP) is 6.32. The first-order valence-corrected chi connectivity index (χ1v) is 12.7. The highest BCUT2D eigenvalue weighted by atomic mass is 16.5. The quantitative estimate of drug-likeness (QED) is 0.315. The number of ether oxygens (including phenoxy) is 1. The van der Waals surface area contributed by atoms with Crippen LogP contribution in [0.2, 0.25) is 0 Å². The van der Waals surface area contributed by atoms with Gasteiger partial charge in [0.05, 0.1) is 13.2 Å². The molecule has 1 aromatic heterocycles. The van der Waals surface area contributed by atoms with Gasteiger partial charge in [0.1, 0.15) is 22.9 Å². The minimum Gasteiger partial charge on any atom is -0.507 e. The second-order valence-electron chi connectivity index (χ2n) is 10.2. The first-order valence-electron chi connectivity index (χ1n) is 12.7. The summed E-state index contributed by atoms with van der Waals surface area (Å²) in [5.41, 5.74) is 7.78. The summed E-state index contributed by atoms with van der Waals surface area (Å²) >= 11 is 0. The van der Waals surface area contributed by atoms with Crippen LogP contribution in [0.4, 0.5) is 0 Å². The molecule has 1 amide bonds. The highest BCUT2D eigenvalue weighted by Crippen LogP contribution is 2.45. The molecule has 0 aliphatic carbocycles. The Morgan fingerprint density at radius 1 is 1.05 bits per heavy atom. The van der Waals surface area contributed by atoms with Gasteiger partial charge in [-0.2, -0.15) is 5.10 Å².